The van der Waals surface area contributed by atoms with E-state index in [9.17, 15) is 0 Å². The molecule has 3 rings (SSSR count). The van der Waals surface area contributed by atoms with Gasteiger partial charge in [-0.05, 0) is 18.6 Å². The third-order valence-electron chi connectivity index (χ3n) is 2.96. The summed E-state index contributed by atoms with van der Waals surface area (Å²) in [5.74, 6) is 1.19. The minimum absolute atomic E-state index is 0.309. The average Bonchev–Trinajstić information content (AvgIpc) is 2.84. The number of rotatable bonds is 1. The van der Waals surface area contributed by atoms with Crippen LogP contribution in [0.15, 0.2) is 30.6 Å². The maximum Gasteiger partial charge on any atom is 0.138 e. The van der Waals surface area contributed by atoms with E-state index in [0.29, 0.717) is 6.04 Å². The van der Waals surface area contributed by atoms with Crippen molar-refractivity contribution in [1.29, 1.82) is 0 Å². The van der Waals surface area contributed by atoms with E-state index < -0.39 is 0 Å². The Kier molecular flexibility index (Phi) is 1.89. The number of aromatic nitrogens is 2. The molecule has 1 saturated heterocycles. The van der Waals surface area contributed by atoms with Crippen LogP contribution in [0.3, 0.4) is 0 Å². The largest absolute Gasteiger partial charge is 0.356 e. The van der Waals surface area contributed by atoms with Crippen LogP contribution in [0.4, 0.5) is 5.82 Å². The summed E-state index contributed by atoms with van der Waals surface area (Å²) in [5.41, 5.74) is 6.91. The van der Waals surface area contributed by atoms with E-state index in [4.69, 9.17) is 5.73 Å². The first-order chi connectivity index (χ1) is 7.34. The zero-order valence-electron chi connectivity index (χ0n) is 8.50. The van der Waals surface area contributed by atoms with Crippen LogP contribution < -0.4 is 10.6 Å². The van der Waals surface area contributed by atoms with Gasteiger partial charge in [0.25, 0.3) is 0 Å². The third-order valence-corrected chi connectivity index (χ3v) is 2.96. The molecule has 0 bridgehead atoms. The molecule has 1 fully saturated rings. The number of hydrogen-bond donors (Lipinski definition) is 1. The summed E-state index contributed by atoms with van der Waals surface area (Å²) in [5, 5.41) is 0. The molecule has 0 aliphatic carbocycles. The smallest absolute Gasteiger partial charge is 0.138 e. The number of nitrogens with zero attached hydrogens (tertiary/aromatic N) is 3. The number of anilines is 1. The molecule has 3 heterocycles. The van der Waals surface area contributed by atoms with E-state index in [1.165, 1.54) is 5.82 Å². The fourth-order valence-electron chi connectivity index (χ4n) is 2.19. The van der Waals surface area contributed by atoms with Gasteiger partial charge >= 0.3 is 0 Å². The molecule has 4 nitrogen and oxygen atoms in total. The molecule has 0 saturated carbocycles. The molecule has 0 spiro atoms. The van der Waals surface area contributed by atoms with Crippen molar-refractivity contribution in [3.8, 4) is 0 Å². The number of nitrogens with two attached hydrogens (primary N) is 1. The van der Waals surface area contributed by atoms with Crippen molar-refractivity contribution < 1.29 is 0 Å². The molecule has 15 heavy (non-hydrogen) atoms. The highest BCUT2D eigenvalue weighted by molar-refractivity contribution is 5.52. The molecule has 1 aliphatic heterocycles. The van der Waals surface area contributed by atoms with E-state index in [2.05, 4.69) is 20.4 Å². The van der Waals surface area contributed by atoms with E-state index >= 15 is 0 Å². The van der Waals surface area contributed by atoms with Crippen LogP contribution in [0.25, 0.3) is 5.65 Å². The molecule has 0 amide bonds. The number of fused-ring (bicyclic) bond motifs is 1. The number of hydrogen-bond acceptors (Lipinski definition) is 3. The molecular formula is C11H14N4. The monoisotopic (exact) mass is 202 g/mol. The summed E-state index contributed by atoms with van der Waals surface area (Å²) in [6, 6.07) is 6.48. The Hall–Kier alpha value is -1.55. The minimum Gasteiger partial charge on any atom is -0.356 e. The van der Waals surface area contributed by atoms with Crippen molar-refractivity contribution in [2.75, 3.05) is 18.0 Å². The Morgan fingerprint density at radius 2 is 2.33 bits per heavy atom. The van der Waals surface area contributed by atoms with Crippen molar-refractivity contribution in [3.63, 3.8) is 0 Å². The maximum absolute atomic E-state index is 5.92. The summed E-state index contributed by atoms with van der Waals surface area (Å²) in [6.45, 7) is 1.98. The molecule has 2 aromatic rings. The topological polar surface area (TPSA) is 46.6 Å². The summed E-state index contributed by atoms with van der Waals surface area (Å²) < 4.78 is 2.11. The lowest BCUT2D eigenvalue weighted by Gasteiger charge is -2.19. The molecule has 78 valence electrons. The molecule has 4 heteroatoms. The molecule has 2 N–H and O–H groups in total. The zero-order valence-corrected chi connectivity index (χ0v) is 8.50. The Bertz CT molecular complexity index is 476. The lowest BCUT2D eigenvalue weighted by Crippen LogP contribution is -2.27. The van der Waals surface area contributed by atoms with Crippen molar-refractivity contribution >= 4 is 11.5 Å². The van der Waals surface area contributed by atoms with Gasteiger partial charge in [-0.2, -0.15) is 0 Å². The molecule has 2 aromatic heterocycles. The predicted molar refractivity (Wildman–Crippen MR) is 60.0 cm³/mol. The van der Waals surface area contributed by atoms with E-state index in [1.54, 1.807) is 0 Å². The van der Waals surface area contributed by atoms with Gasteiger partial charge in [0, 0.05) is 31.5 Å². The first-order valence-electron chi connectivity index (χ1n) is 5.27. The highest BCUT2D eigenvalue weighted by atomic mass is 15.3. The van der Waals surface area contributed by atoms with Crippen LogP contribution in [0, 0.1) is 0 Å². The lowest BCUT2D eigenvalue weighted by atomic mass is 10.3. The van der Waals surface area contributed by atoms with Crippen LogP contribution in [0.5, 0.6) is 0 Å². The highest BCUT2D eigenvalue weighted by Gasteiger charge is 2.20. The van der Waals surface area contributed by atoms with Gasteiger partial charge in [-0.3, -0.25) is 4.40 Å². The average molecular weight is 202 g/mol. The first-order valence-corrected chi connectivity index (χ1v) is 5.27. The molecule has 0 radical (unpaired) electrons. The van der Waals surface area contributed by atoms with Gasteiger partial charge < -0.3 is 10.6 Å². The van der Waals surface area contributed by atoms with Crippen molar-refractivity contribution in [3.05, 3.63) is 30.6 Å². The summed E-state index contributed by atoms with van der Waals surface area (Å²) in [7, 11) is 0. The van der Waals surface area contributed by atoms with Crippen LogP contribution in [-0.2, 0) is 0 Å². The van der Waals surface area contributed by atoms with Crippen LogP contribution in [-0.4, -0.2) is 28.5 Å². The van der Waals surface area contributed by atoms with Gasteiger partial charge in [-0.15, -0.1) is 0 Å². The van der Waals surface area contributed by atoms with Gasteiger partial charge in [0.15, 0.2) is 0 Å². The maximum atomic E-state index is 5.92. The van der Waals surface area contributed by atoms with E-state index in [-0.39, 0.29) is 0 Å². The number of imidazole rings is 1. The Morgan fingerprint density at radius 1 is 1.40 bits per heavy atom. The number of pyridine rings is 1. The van der Waals surface area contributed by atoms with Crippen LogP contribution in [0.2, 0.25) is 0 Å². The van der Waals surface area contributed by atoms with Crippen molar-refractivity contribution in [2.45, 2.75) is 12.5 Å². The highest BCUT2D eigenvalue weighted by Crippen LogP contribution is 2.20. The normalized spacial score (nSPS) is 21.4. The Morgan fingerprint density at radius 3 is 3.13 bits per heavy atom. The molecular weight excluding hydrogens is 188 g/mol. The first kappa shape index (κ1) is 8.73. The fraction of sp³-hybridized carbons (Fsp3) is 0.364. The van der Waals surface area contributed by atoms with E-state index in [0.717, 1.165) is 25.2 Å². The minimum atomic E-state index is 0.309. The second-order valence-corrected chi connectivity index (χ2v) is 4.03. The van der Waals surface area contributed by atoms with Crippen molar-refractivity contribution in [2.24, 2.45) is 5.73 Å². The lowest BCUT2D eigenvalue weighted by molar-refractivity contribution is 0.751. The van der Waals surface area contributed by atoms with Crippen LogP contribution >= 0.6 is 0 Å². The van der Waals surface area contributed by atoms with Gasteiger partial charge in [0.05, 0.1) is 0 Å². The zero-order chi connectivity index (χ0) is 10.3. The Balaban J connectivity index is 2.06. The predicted octanol–water partition coefficient (Wildman–Crippen LogP) is 0.872. The Labute approximate surface area is 88.3 Å². The molecule has 0 unspecified atom stereocenters. The molecule has 1 aliphatic rings. The summed E-state index contributed by atoms with van der Waals surface area (Å²) in [6.07, 6.45) is 4.90. The standard InChI is InChI=1S/C11H14N4/c12-9-4-6-14(8-9)11-3-1-2-10-13-5-7-15(10)11/h1-3,5,7,9H,4,6,8,12H2/t9-/m1/s1. The van der Waals surface area contributed by atoms with Crippen LogP contribution in [0.1, 0.15) is 6.42 Å². The molecule has 1 atom stereocenters. The summed E-state index contributed by atoms with van der Waals surface area (Å²) in [4.78, 5) is 6.59. The van der Waals surface area contributed by atoms with Gasteiger partial charge in [-0.25, -0.2) is 4.98 Å². The van der Waals surface area contributed by atoms with E-state index in [1.807, 2.05) is 24.5 Å². The fourth-order valence-corrected chi connectivity index (χ4v) is 2.19. The van der Waals surface area contributed by atoms with Gasteiger partial charge in [0.2, 0.25) is 0 Å². The molecule has 0 aromatic carbocycles. The van der Waals surface area contributed by atoms with Gasteiger partial charge in [0.1, 0.15) is 11.5 Å². The second-order valence-electron chi connectivity index (χ2n) is 4.03. The second kappa shape index (κ2) is 3.24. The SMILES string of the molecule is N[C@@H]1CCN(c2cccc3nccn23)C1. The van der Waals surface area contributed by atoms with Crippen molar-refractivity contribution in [1.82, 2.24) is 9.38 Å². The quantitative estimate of drug-likeness (QED) is 0.746. The van der Waals surface area contributed by atoms with Gasteiger partial charge in [-0.1, -0.05) is 6.07 Å². The summed E-state index contributed by atoms with van der Waals surface area (Å²) >= 11 is 0. The third kappa shape index (κ3) is 1.37.